The highest BCUT2D eigenvalue weighted by Crippen LogP contribution is 2.22. The van der Waals surface area contributed by atoms with Crippen LogP contribution in [0.5, 0.6) is 0 Å². The first-order valence-corrected chi connectivity index (χ1v) is 19.8. The van der Waals surface area contributed by atoms with Crippen LogP contribution in [0.4, 0.5) is 0 Å². The maximum atomic E-state index is 12.7. The molecule has 0 spiro atoms. The van der Waals surface area contributed by atoms with Gasteiger partial charge in [0.25, 0.3) is 0 Å². The lowest BCUT2D eigenvalue weighted by molar-refractivity contribution is -0.305. The van der Waals surface area contributed by atoms with Crippen LogP contribution < -0.4 is 0 Å². The number of aliphatic hydroxyl groups excluding tert-OH is 4. The topological polar surface area (TPSA) is 152 Å². The molecule has 6 atom stereocenters. The van der Waals surface area contributed by atoms with Crippen LogP contribution in [0.2, 0.25) is 0 Å². The van der Waals surface area contributed by atoms with Crippen LogP contribution in [-0.4, -0.2) is 89.0 Å². The molecule has 49 heavy (non-hydrogen) atoms. The van der Waals surface area contributed by atoms with Gasteiger partial charge in [0.05, 0.1) is 13.2 Å². The summed E-state index contributed by atoms with van der Waals surface area (Å²) in [5, 5.41) is 39.9. The lowest BCUT2D eigenvalue weighted by atomic mass is 9.99. The molecule has 1 rings (SSSR count). The zero-order valence-electron chi connectivity index (χ0n) is 30.9. The molecule has 10 heteroatoms. The van der Waals surface area contributed by atoms with Gasteiger partial charge >= 0.3 is 11.9 Å². The van der Waals surface area contributed by atoms with Gasteiger partial charge in [-0.1, -0.05) is 129 Å². The summed E-state index contributed by atoms with van der Waals surface area (Å²) >= 11 is 0. The van der Waals surface area contributed by atoms with Gasteiger partial charge in [-0.05, 0) is 38.5 Å². The average Bonchev–Trinajstić information content (AvgIpc) is 3.10. The second-order valence-electron chi connectivity index (χ2n) is 13.7. The Bertz CT molecular complexity index is 820. The van der Waals surface area contributed by atoms with Crippen LogP contribution in [0.1, 0.15) is 168 Å². The molecule has 1 saturated heterocycles. The van der Waals surface area contributed by atoms with Gasteiger partial charge in [0.1, 0.15) is 31.0 Å². The summed E-state index contributed by atoms with van der Waals surface area (Å²) in [6, 6.07) is 0. The van der Waals surface area contributed by atoms with Crippen molar-refractivity contribution in [1.82, 2.24) is 0 Å². The van der Waals surface area contributed by atoms with E-state index in [0.29, 0.717) is 6.42 Å². The summed E-state index contributed by atoms with van der Waals surface area (Å²) in [5.41, 5.74) is 0. The Kier molecular flexibility index (Phi) is 28.9. The van der Waals surface area contributed by atoms with Crippen LogP contribution in [0.3, 0.4) is 0 Å². The van der Waals surface area contributed by atoms with Gasteiger partial charge in [-0.15, -0.1) is 0 Å². The number of carbonyl (C=O) groups excluding carboxylic acids is 2. The third kappa shape index (κ3) is 23.5. The first-order valence-electron chi connectivity index (χ1n) is 19.8. The molecule has 0 saturated carbocycles. The van der Waals surface area contributed by atoms with Gasteiger partial charge in [0.15, 0.2) is 12.4 Å². The molecule has 288 valence electrons. The van der Waals surface area contributed by atoms with E-state index in [0.717, 1.165) is 57.8 Å². The van der Waals surface area contributed by atoms with Crippen molar-refractivity contribution in [1.29, 1.82) is 0 Å². The number of rotatable bonds is 32. The second kappa shape index (κ2) is 31.2. The summed E-state index contributed by atoms with van der Waals surface area (Å²) in [5.74, 6) is -0.815. The molecule has 0 radical (unpaired) electrons. The largest absolute Gasteiger partial charge is 0.462 e. The minimum absolute atomic E-state index is 0.217. The predicted molar refractivity (Wildman–Crippen MR) is 192 cm³/mol. The molecule has 10 nitrogen and oxygen atoms in total. The monoisotopic (exact) mass is 701 g/mol. The lowest BCUT2D eigenvalue weighted by Gasteiger charge is -2.39. The number of esters is 2. The summed E-state index contributed by atoms with van der Waals surface area (Å²) in [7, 11) is 0. The van der Waals surface area contributed by atoms with Gasteiger partial charge in [-0.3, -0.25) is 9.59 Å². The molecule has 1 aliphatic heterocycles. The van der Waals surface area contributed by atoms with Crippen molar-refractivity contribution in [3.63, 3.8) is 0 Å². The molecule has 4 N–H and O–H groups in total. The fraction of sp³-hybridized carbons (Fsp3) is 0.897. The first-order chi connectivity index (χ1) is 23.8. The number of ether oxygens (including phenoxy) is 4. The number of aliphatic hydroxyl groups is 4. The van der Waals surface area contributed by atoms with Crippen molar-refractivity contribution in [3.05, 3.63) is 12.2 Å². The Morgan fingerprint density at radius 3 is 1.59 bits per heavy atom. The Labute approximate surface area is 297 Å². The highest BCUT2D eigenvalue weighted by molar-refractivity contribution is 5.70. The van der Waals surface area contributed by atoms with Crippen molar-refractivity contribution < 1.29 is 49.0 Å². The molecule has 0 amide bonds. The highest BCUT2D eigenvalue weighted by atomic mass is 16.7. The number of hydrogen-bond acceptors (Lipinski definition) is 10. The zero-order chi connectivity index (χ0) is 36.0. The van der Waals surface area contributed by atoms with Gasteiger partial charge in [0, 0.05) is 12.8 Å². The number of unbranched alkanes of at least 4 members (excludes halogenated alkanes) is 19. The van der Waals surface area contributed by atoms with E-state index in [1.807, 2.05) is 0 Å². The van der Waals surface area contributed by atoms with Crippen molar-refractivity contribution in [3.8, 4) is 0 Å². The summed E-state index contributed by atoms with van der Waals surface area (Å²) in [6.07, 6.45) is 22.2. The average molecular weight is 701 g/mol. The second-order valence-corrected chi connectivity index (χ2v) is 13.7. The third-order valence-corrected chi connectivity index (χ3v) is 9.15. The smallest absolute Gasteiger partial charge is 0.306 e. The molecule has 0 aromatic heterocycles. The Morgan fingerprint density at radius 2 is 1.08 bits per heavy atom. The highest BCUT2D eigenvalue weighted by Gasteiger charge is 2.44. The minimum Gasteiger partial charge on any atom is -0.462 e. The fourth-order valence-corrected chi connectivity index (χ4v) is 5.95. The summed E-state index contributed by atoms with van der Waals surface area (Å²) in [4.78, 5) is 25.1. The summed E-state index contributed by atoms with van der Waals surface area (Å²) < 4.78 is 22.0. The molecule has 1 heterocycles. The molecule has 0 aromatic carbocycles. The van der Waals surface area contributed by atoms with Crippen LogP contribution in [0.25, 0.3) is 0 Å². The summed E-state index contributed by atoms with van der Waals surface area (Å²) in [6.45, 7) is 3.38. The van der Waals surface area contributed by atoms with Crippen molar-refractivity contribution in [2.24, 2.45) is 0 Å². The van der Waals surface area contributed by atoms with Crippen LogP contribution in [0, 0.1) is 0 Å². The van der Waals surface area contributed by atoms with E-state index in [1.165, 1.54) is 77.0 Å². The van der Waals surface area contributed by atoms with Gasteiger partial charge in [0.2, 0.25) is 0 Å². The lowest BCUT2D eigenvalue weighted by Crippen LogP contribution is -2.59. The maximum Gasteiger partial charge on any atom is 0.306 e. The number of hydrogen-bond donors (Lipinski definition) is 4. The quantitative estimate of drug-likeness (QED) is 0.0322. The van der Waals surface area contributed by atoms with E-state index in [4.69, 9.17) is 18.9 Å². The van der Waals surface area contributed by atoms with Gasteiger partial charge in [-0.25, -0.2) is 0 Å². The van der Waals surface area contributed by atoms with E-state index in [9.17, 15) is 30.0 Å². The maximum absolute atomic E-state index is 12.7. The molecular weight excluding hydrogens is 628 g/mol. The molecule has 0 bridgehead atoms. The van der Waals surface area contributed by atoms with E-state index in [1.54, 1.807) is 0 Å². The molecule has 0 aliphatic carbocycles. The van der Waals surface area contributed by atoms with E-state index in [-0.39, 0.29) is 32.0 Å². The van der Waals surface area contributed by atoms with E-state index >= 15 is 0 Å². The van der Waals surface area contributed by atoms with Crippen LogP contribution >= 0.6 is 0 Å². The molecule has 1 aliphatic rings. The van der Waals surface area contributed by atoms with Crippen molar-refractivity contribution in [2.75, 3.05) is 19.8 Å². The van der Waals surface area contributed by atoms with Gasteiger partial charge < -0.3 is 39.4 Å². The van der Waals surface area contributed by atoms with Crippen LogP contribution in [0.15, 0.2) is 12.2 Å². The molecule has 1 fully saturated rings. The third-order valence-electron chi connectivity index (χ3n) is 9.15. The van der Waals surface area contributed by atoms with E-state index in [2.05, 4.69) is 26.0 Å². The Hall–Kier alpha value is -1.56. The van der Waals surface area contributed by atoms with Crippen LogP contribution in [-0.2, 0) is 28.5 Å². The van der Waals surface area contributed by atoms with Gasteiger partial charge in [-0.2, -0.15) is 0 Å². The van der Waals surface area contributed by atoms with E-state index < -0.39 is 49.4 Å². The van der Waals surface area contributed by atoms with Crippen molar-refractivity contribution in [2.45, 2.75) is 205 Å². The molecular formula is C39H72O10. The standard InChI is InChI=1S/C39H72O10/c1-3-5-7-9-11-13-15-16-17-18-20-21-23-25-27-34(41)46-30-32(31-47-39-38(45)37(44)36(43)33(29-40)49-39)48-35(42)28-26-24-22-19-14-12-10-8-6-4-2/h15-16,32-33,36-40,43-45H,3-14,17-31H2,1-2H3/b16-15+/t32-,33-,36+,37?,38?,39-/m0/s1. The molecule has 2 unspecified atom stereocenters. The van der Waals surface area contributed by atoms with Crippen molar-refractivity contribution >= 4 is 11.9 Å². The number of allylic oxidation sites excluding steroid dienone is 2. The Balaban J connectivity index is 2.38. The number of carbonyl (C=O) groups is 2. The first kappa shape index (κ1) is 45.5. The molecule has 0 aromatic rings. The minimum atomic E-state index is -1.59. The SMILES string of the molecule is CCCCCCC/C=C/CCCCCCCC(=O)OC[C@@H](CO[C@H]1O[C@@H](CO)[C@@H](O)C(O)C1O)OC(=O)CCCCCCCCCCCC. The normalized spacial score (nSPS) is 21.6. The fourth-order valence-electron chi connectivity index (χ4n) is 5.95. The zero-order valence-corrected chi connectivity index (χ0v) is 30.9. The predicted octanol–water partition coefficient (Wildman–Crippen LogP) is 7.22. The Morgan fingerprint density at radius 1 is 0.612 bits per heavy atom.